The molecule has 1 aromatic rings. The number of hydrogen-bond donors (Lipinski definition) is 2. The second-order valence-electron chi connectivity index (χ2n) is 4.51. The normalized spacial score (nSPS) is 28.9. The Balaban J connectivity index is 1.92. The molecule has 2 atom stereocenters. The third kappa shape index (κ3) is 1.79. The molecule has 0 aliphatic carbocycles. The zero-order valence-corrected chi connectivity index (χ0v) is 10.2. The number of rotatable bonds is 0. The Morgan fingerprint density at radius 3 is 3.20 bits per heavy atom. The number of nitrogens with one attached hydrogen (secondary N) is 2. The average Bonchev–Trinajstić information content (AvgIpc) is 2.26. The molecule has 2 nitrogen and oxygen atoms in total. The lowest BCUT2D eigenvalue weighted by atomic mass is 9.83. The Bertz CT molecular complexity index is 378. The lowest BCUT2D eigenvalue weighted by molar-refractivity contribution is 0.331. The van der Waals surface area contributed by atoms with Crippen LogP contribution in [0.15, 0.2) is 22.7 Å². The Labute approximate surface area is 98.6 Å². The summed E-state index contributed by atoms with van der Waals surface area (Å²) in [7, 11) is 0. The minimum absolute atomic E-state index is 0.626. The third-order valence-electron chi connectivity index (χ3n) is 3.52. The van der Waals surface area contributed by atoms with E-state index in [2.05, 4.69) is 44.8 Å². The van der Waals surface area contributed by atoms with Crippen LogP contribution < -0.4 is 10.6 Å². The molecule has 1 aromatic carbocycles. The van der Waals surface area contributed by atoms with Crippen LogP contribution in [0.5, 0.6) is 0 Å². The van der Waals surface area contributed by atoms with Gasteiger partial charge in [-0.2, -0.15) is 0 Å². The van der Waals surface area contributed by atoms with E-state index in [0.29, 0.717) is 6.04 Å². The summed E-state index contributed by atoms with van der Waals surface area (Å²) < 4.78 is 1.16. The summed E-state index contributed by atoms with van der Waals surface area (Å²) in [5.41, 5.74) is 2.79. The van der Waals surface area contributed by atoms with Gasteiger partial charge in [0, 0.05) is 22.7 Å². The van der Waals surface area contributed by atoms with Gasteiger partial charge in [0.25, 0.3) is 0 Å². The molecule has 0 aromatic heterocycles. The van der Waals surface area contributed by atoms with Crippen LogP contribution in [-0.2, 0) is 6.42 Å². The molecular formula is C12H15BrN2. The highest BCUT2D eigenvalue weighted by atomic mass is 79.9. The van der Waals surface area contributed by atoms with Crippen molar-refractivity contribution in [1.29, 1.82) is 0 Å². The first-order valence-electron chi connectivity index (χ1n) is 5.58. The molecule has 0 radical (unpaired) electrons. The molecule has 1 saturated heterocycles. The van der Waals surface area contributed by atoms with E-state index in [9.17, 15) is 0 Å². The molecule has 2 heterocycles. The summed E-state index contributed by atoms with van der Waals surface area (Å²) >= 11 is 3.52. The number of hydrogen-bond acceptors (Lipinski definition) is 2. The van der Waals surface area contributed by atoms with Gasteiger partial charge in [0.15, 0.2) is 0 Å². The third-order valence-corrected chi connectivity index (χ3v) is 4.01. The molecule has 15 heavy (non-hydrogen) atoms. The quantitative estimate of drug-likeness (QED) is 0.754. The SMILES string of the molecule is Brc1ccc2c(c1)NC1CNCCC1C2. The summed E-state index contributed by atoms with van der Waals surface area (Å²) in [6, 6.07) is 7.20. The summed E-state index contributed by atoms with van der Waals surface area (Å²) in [6.45, 7) is 2.28. The maximum Gasteiger partial charge on any atom is 0.0417 e. The number of anilines is 1. The van der Waals surface area contributed by atoms with Crippen molar-refractivity contribution in [2.24, 2.45) is 5.92 Å². The Morgan fingerprint density at radius 2 is 2.27 bits per heavy atom. The highest BCUT2D eigenvalue weighted by Crippen LogP contribution is 2.32. The molecule has 0 bridgehead atoms. The van der Waals surface area contributed by atoms with Crippen LogP contribution in [0, 0.1) is 5.92 Å². The standard InChI is InChI=1S/C12H15BrN2/c13-10-2-1-8-5-9-3-4-14-7-12(9)15-11(8)6-10/h1-2,6,9,12,14-15H,3-5,7H2. The summed E-state index contributed by atoms with van der Waals surface area (Å²) in [4.78, 5) is 0. The van der Waals surface area contributed by atoms with Gasteiger partial charge in [-0.3, -0.25) is 0 Å². The van der Waals surface area contributed by atoms with E-state index in [1.165, 1.54) is 30.6 Å². The molecule has 2 aliphatic heterocycles. The van der Waals surface area contributed by atoms with Crippen molar-refractivity contribution in [3.63, 3.8) is 0 Å². The van der Waals surface area contributed by atoms with E-state index in [1.54, 1.807) is 0 Å². The van der Waals surface area contributed by atoms with Crippen molar-refractivity contribution in [2.45, 2.75) is 18.9 Å². The van der Waals surface area contributed by atoms with Crippen molar-refractivity contribution in [2.75, 3.05) is 18.4 Å². The highest BCUT2D eigenvalue weighted by Gasteiger charge is 2.29. The maximum atomic E-state index is 3.65. The molecule has 2 N–H and O–H groups in total. The number of benzene rings is 1. The molecule has 3 heteroatoms. The Hall–Kier alpha value is -0.540. The molecular weight excluding hydrogens is 252 g/mol. The van der Waals surface area contributed by atoms with Crippen LogP contribution in [0.1, 0.15) is 12.0 Å². The first-order chi connectivity index (χ1) is 7.33. The minimum Gasteiger partial charge on any atom is -0.380 e. The van der Waals surface area contributed by atoms with Crippen LogP contribution in [0.2, 0.25) is 0 Å². The van der Waals surface area contributed by atoms with Crippen LogP contribution in [0.25, 0.3) is 0 Å². The van der Waals surface area contributed by atoms with Gasteiger partial charge >= 0.3 is 0 Å². The molecule has 0 amide bonds. The minimum atomic E-state index is 0.626. The fourth-order valence-electron chi connectivity index (χ4n) is 2.67. The zero-order valence-electron chi connectivity index (χ0n) is 8.59. The fraction of sp³-hybridized carbons (Fsp3) is 0.500. The van der Waals surface area contributed by atoms with Gasteiger partial charge in [0.1, 0.15) is 0 Å². The Kier molecular flexibility index (Phi) is 2.45. The first-order valence-corrected chi connectivity index (χ1v) is 6.38. The lowest BCUT2D eigenvalue weighted by Crippen LogP contribution is -2.48. The van der Waals surface area contributed by atoms with Gasteiger partial charge in [-0.25, -0.2) is 0 Å². The summed E-state index contributed by atoms with van der Waals surface area (Å²) in [5.74, 6) is 0.819. The largest absolute Gasteiger partial charge is 0.380 e. The van der Waals surface area contributed by atoms with E-state index < -0.39 is 0 Å². The fourth-order valence-corrected chi connectivity index (χ4v) is 3.03. The number of piperidine rings is 1. The molecule has 3 rings (SSSR count). The summed E-state index contributed by atoms with van der Waals surface area (Å²) in [5, 5.41) is 7.10. The van der Waals surface area contributed by atoms with E-state index >= 15 is 0 Å². The van der Waals surface area contributed by atoms with Crippen molar-refractivity contribution in [1.82, 2.24) is 5.32 Å². The van der Waals surface area contributed by atoms with Crippen LogP contribution in [0.4, 0.5) is 5.69 Å². The van der Waals surface area contributed by atoms with Crippen molar-refractivity contribution >= 4 is 21.6 Å². The lowest BCUT2D eigenvalue weighted by Gasteiger charge is -2.38. The van der Waals surface area contributed by atoms with Crippen LogP contribution >= 0.6 is 15.9 Å². The smallest absolute Gasteiger partial charge is 0.0417 e. The topological polar surface area (TPSA) is 24.1 Å². The van der Waals surface area contributed by atoms with Crippen LogP contribution in [0.3, 0.4) is 0 Å². The average molecular weight is 267 g/mol. The van der Waals surface area contributed by atoms with Gasteiger partial charge in [0.05, 0.1) is 0 Å². The van der Waals surface area contributed by atoms with Gasteiger partial charge in [-0.05, 0) is 43.0 Å². The van der Waals surface area contributed by atoms with Gasteiger partial charge < -0.3 is 10.6 Å². The first kappa shape index (κ1) is 9.67. The zero-order chi connectivity index (χ0) is 10.3. The molecule has 0 spiro atoms. The number of halogens is 1. The molecule has 0 saturated carbocycles. The molecule has 2 unspecified atom stereocenters. The van der Waals surface area contributed by atoms with Gasteiger partial charge in [0.2, 0.25) is 0 Å². The molecule has 1 fully saturated rings. The van der Waals surface area contributed by atoms with Gasteiger partial charge in [-0.15, -0.1) is 0 Å². The van der Waals surface area contributed by atoms with Crippen LogP contribution in [-0.4, -0.2) is 19.1 Å². The number of fused-ring (bicyclic) bond motifs is 2. The van der Waals surface area contributed by atoms with E-state index in [1.807, 2.05) is 0 Å². The van der Waals surface area contributed by atoms with Crippen molar-refractivity contribution in [3.05, 3.63) is 28.2 Å². The molecule has 80 valence electrons. The monoisotopic (exact) mass is 266 g/mol. The maximum absolute atomic E-state index is 3.65. The van der Waals surface area contributed by atoms with Gasteiger partial charge in [-0.1, -0.05) is 22.0 Å². The molecule has 2 aliphatic rings. The predicted octanol–water partition coefficient (Wildman–Crippen LogP) is 2.40. The Morgan fingerprint density at radius 1 is 1.33 bits per heavy atom. The van der Waals surface area contributed by atoms with E-state index in [0.717, 1.165) is 16.9 Å². The van der Waals surface area contributed by atoms with Crippen molar-refractivity contribution in [3.8, 4) is 0 Å². The predicted molar refractivity (Wildman–Crippen MR) is 66.2 cm³/mol. The van der Waals surface area contributed by atoms with E-state index in [4.69, 9.17) is 0 Å². The summed E-state index contributed by atoms with van der Waals surface area (Å²) in [6.07, 6.45) is 2.54. The second-order valence-corrected chi connectivity index (χ2v) is 5.42. The van der Waals surface area contributed by atoms with Crippen molar-refractivity contribution < 1.29 is 0 Å². The highest BCUT2D eigenvalue weighted by molar-refractivity contribution is 9.10. The second kappa shape index (κ2) is 3.80. The van der Waals surface area contributed by atoms with E-state index in [-0.39, 0.29) is 0 Å².